The lowest BCUT2D eigenvalue weighted by Gasteiger charge is -2.22. The molecule has 2 atom stereocenters. The van der Waals surface area contributed by atoms with Crippen LogP contribution in [-0.2, 0) is 14.3 Å². The first-order chi connectivity index (χ1) is 37.0. The lowest BCUT2D eigenvalue weighted by molar-refractivity contribution is -0.143. The van der Waals surface area contributed by atoms with E-state index in [0.29, 0.717) is 25.9 Å². The van der Waals surface area contributed by atoms with Gasteiger partial charge in [-0.25, -0.2) is 0 Å². The highest BCUT2D eigenvalue weighted by atomic mass is 16.5. The molecular formula is C69H131NO5. The standard InChI is InChI=1S/C69H131NO5/c1-3-5-7-9-11-13-15-17-19-21-23-24-25-27-29-33-37-41-45-49-53-57-61-67(72)66(65-71)70-68(73)62-58-54-50-46-42-38-34-30-28-32-36-40-44-48-52-56-60-64-75-69(74)63-59-55-51-47-43-39-35-31-26-22-20-18-16-14-12-10-8-6-4-2/h12,14,18,20,28,32,66-67,71-72H,3-11,13,15-17,19,21-27,29-31,33-65H2,1-2H3,(H,70,73)/b14-12-,20-18-,32-28-. The van der Waals surface area contributed by atoms with Gasteiger partial charge in [0.2, 0.25) is 5.91 Å². The molecule has 0 aromatic rings. The second-order valence-electron chi connectivity index (χ2n) is 23.1. The van der Waals surface area contributed by atoms with Crippen LogP contribution in [0.4, 0.5) is 0 Å². The molecule has 1 amide bonds. The molecule has 0 aromatic heterocycles. The first-order valence-corrected chi connectivity index (χ1v) is 33.7. The molecule has 0 bridgehead atoms. The zero-order chi connectivity index (χ0) is 54.3. The summed E-state index contributed by atoms with van der Waals surface area (Å²) in [7, 11) is 0. The number of allylic oxidation sites excluding steroid dienone is 6. The first kappa shape index (κ1) is 73.1. The Morgan fingerprint density at radius 1 is 0.373 bits per heavy atom. The van der Waals surface area contributed by atoms with E-state index < -0.39 is 12.1 Å². The highest BCUT2D eigenvalue weighted by Crippen LogP contribution is 2.18. The number of hydrogen-bond donors (Lipinski definition) is 3. The Balaban J connectivity index is 3.44. The number of amides is 1. The van der Waals surface area contributed by atoms with Crippen LogP contribution in [0.1, 0.15) is 367 Å². The third kappa shape index (κ3) is 61.2. The lowest BCUT2D eigenvalue weighted by atomic mass is 10.0. The van der Waals surface area contributed by atoms with E-state index >= 15 is 0 Å². The van der Waals surface area contributed by atoms with Crippen molar-refractivity contribution in [3.63, 3.8) is 0 Å². The van der Waals surface area contributed by atoms with Gasteiger partial charge in [-0.05, 0) is 83.5 Å². The van der Waals surface area contributed by atoms with Crippen LogP contribution >= 0.6 is 0 Å². The maximum Gasteiger partial charge on any atom is 0.305 e. The summed E-state index contributed by atoms with van der Waals surface area (Å²) >= 11 is 0. The van der Waals surface area contributed by atoms with Gasteiger partial charge in [0.25, 0.3) is 0 Å². The van der Waals surface area contributed by atoms with Crippen LogP contribution in [0.25, 0.3) is 0 Å². The zero-order valence-corrected chi connectivity index (χ0v) is 50.5. The Morgan fingerprint density at radius 2 is 0.667 bits per heavy atom. The largest absolute Gasteiger partial charge is 0.466 e. The van der Waals surface area contributed by atoms with Crippen molar-refractivity contribution in [2.75, 3.05) is 13.2 Å². The first-order valence-electron chi connectivity index (χ1n) is 33.7. The van der Waals surface area contributed by atoms with Gasteiger partial charge < -0.3 is 20.3 Å². The Bertz CT molecular complexity index is 1210. The normalized spacial score (nSPS) is 12.7. The summed E-state index contributed by atoms with van der Waals surface area (Å²) in [6.45, 7) is 4.93. The van der Waals surface area contributed by atoms with Crippen LogP contribution in [0.2, 0.25) is 0 Å². The molecule has 0 aliphatic rings. The predicted molar refractivity (Wildman–Crippen MR) is 329 cm³/mol. The van der Waals surface area contributed by atoms with Gasteiger partial charge in [0, 0.05) is 12.8 Å². The van der Waals surface area contributed by atoms with Crippen LogP contribution in [0.3, 0.4) is 0 Å². The van der Waals surface area contributed by atoms with E-state index in [1.165, 1.54) is 270 Å². The fourth-order valence-electron chi connectivity index (χ4n) is 10.5. The molecular weight excluding hydrogens is 923 g/mol. The van der Waals surface area contributed by atoms with E-state index in [-0.39, 0.29) is 18.5 Å². The minimum atomic E-state index is -0.674. The van der Waals surface area contributed by atoms with Gasteiger partial charge in [-0.15, -0.1) is 0 Å². The molecule has 6 heteroatoms. The zero-order valence-electron chi connectivity index (χ0n) is 50.5. The minimum Gasteiger partial charge on any atom is -0.466 e. The Morgan fingerprint density at radius 3 is 1.05 bits per heavy atom. The summed E-state index contributed by atoms with van der Waals surface area (Å²) in [5, 5.41) is 23.4. The van der Waals surface area contributed by atoms with E-state index in [9.17, 15) is 19.8 Å². The SMILES string of the molecule is CCCCC/C=C\C/C=C\CCCCCCCCCCCC(=O)OCCCCCCCC/C=C\CCCCCCCCCC(=O)NC(CO)C(O)CCCCCCCCCCCCCCCCCCCCCCCC. The van der Waals surface area contributed by atoms with Crippen LogP contribution < -0.4 is 5.32 Å². The lowest BCUT2D eigenvalue weighted by Crippen LogP contribution is -2.45. The Hall–Kier alpha value is -1.92. The summed E-state index contributed by atoms with van der Waals surface area (Å²) in [6, 6.07) is -0.552. The van der Waals surface area contributed by atoms with Gasteiger partial charge in [0.1, 0.15) is 0 Å². The maximum absolute atomic E-state index is 12.5. The highest BCUT2D eigenvalue weighted by Gasteiger charge is 2.20. The molecule has 0 heterocycles. The van der Waals surface area contributed by atoms with E-state index in [4.69, 9.17) is 4.74 Å². The van der Waals surface area contributed by atoms with Crippen molar-refractivity contribution < 1.29 is 24.5 Å². The molecule has 75 heavy (non-hydrogen) atoms. The number of carbonyl (C=O) groups is 2. The highest BCUT2D eigenvalue weighted by molar-refractivity contribution is 5.76. The van der Waals surface area contributed by atoms with Crippen molar-refractivity contribution in [1.82, 2.24) is 5.32 Å². The predicted octanol–water partition coefficient (Wildman–Crippen LogP) is 21.5. The van der Waals surface area contributed by atoms with Gasteiger partial charge in [-0.1, -0.05) is 307 Å². The number of hydrogen-bond acceptors (Lipinski definition) is 5. The quantitative estimate of drug-likeness (QED) is 0.0320. The second kappa shape index (κ2) is 64.6. The van der Waals surface area contributed by atoms with Gasteiger partial charge in [0.15, 0.2) is 0 Å². The topological polar surface area (TPSA) is 95.9 Å². The molecule has 6 nitrogen and oxygen atoms in total. The molecule has 0 saturated heterocycles. The molecule has 0 spiro atoms. The van der Waals surface area contributed by atoms with Crippen LogP contribution in [0.5, 0.6) is 0 Å². The molecule has 0 saturated carbocycles. The number of carbonyl (C=O) groups excluding carboxylic acids is 2. The van der Waals surface area contributed by atoms with Crippen molar-refractivity contribution in [2.45, 2.75) is 379 Å². The molecule has 3 N–H and O–H groups in total. The molecule has 442 valence electrons. The van der Waals surface area contributed by atoms with E-state index in [0.717, 1.165) is 64.2 Å². The summed E-state index contributed by atoms with van der Waals surface area (Å²) in [6.07, 6.45) is 81.6. The molecule has 0 aliphatic heterocycles. The third-order valence-electron chi connectivity index (χ3n) is 15.7. The van der Waals surface area contributed by atoms with Gasteiger partial charge in [-0.3, -0.25) is 9.59 Å². The van der Waals surface area contributed by atoms with Crippen LogP contribution in [0, 0.1) is 0 Å². The van der Waals surface area contributed by atoms with Crippen LogP contribution in [0.15, 0.2) is 36.5 Å². The van der Waals surface area contributed by atoms with Gasteiger partial charge in [-0.2, -0.15) is 0 Å². The number of aliphatic hydroxyl groups is 2. The number of ether oxygens (including phenoxy) is 1. The monoisotopic (exact) mass is 1050 g/mol. The van der Waals surface area contributed by atoms with Crippen molar-refractivity contribution in [1.29, 1.82) is 0 Å². The van der Waals surface area contributed by atoms with Crippen molar-refractivity contribution in [3.05, 3.63) is 36.5 Å². The molecule has 0 radical (unpaired) electrons. The number of esters is 1. The second-order valence-corrected chi connectivity index (χ2v) is 23.1. The summed E-state index contributed by atoms with van der Waals surface area (Å²) in [5.41, 5.74) is 0. The molecule has 0 fully saturated rings. The third-order valence-corrected chi connectivity index (χ3v) is 15.7. The molecule has 0 rings (SSSR count). The fraction of sp³-hybridized carbons (Fsp3) is 0.884. The Labute approximate surface area is 468 Å². The van der Waals surface area contributed by atoms with E-state index in [1.807, 2.05) is 0 Å². The minimum absolute atomic E-state index is 0.00481. The average Bonchev–Trinajstić information content (AvgIpc) is 3.41. The van der Waals surface area contributed by atoms with E-state index in [1.54, 1.807) is 0 Å². The summed E-state index contributed by atoms with van der Waals surface area (Å²) in [4.78, 5) is 24.6. The maximum atomic E-state index is 12.5. The smallest absolute Gasteiger partial charge is 0.305 e. The van der Waals surface area contributed by atoms with Crippen molar-refractivity contribution in [2.24, 2.45) is 0 Å². The fourth-order valence-corrected chi connectivity index (χ4v) is 10.5. The number of aliphatic hydroxyl groups excluding tert-OH is 2. The molecule has 2 unspecified atom stereocenters. The number of unbranched alkanes of at least 4 members (excludes halogenated alkanes) is 46. The molecule has 0 aliphatic carbocycles. The van der Waals surface area contributed by atoms with Crippen molar-refractivity contribution >= 4 is 11.9 Å². The van der Waals surface area contributed by atoms with Crippen LogP contribution in [-0.4, -0.2) is 47.4 Å². The van der Waals surface area contributed by atoms with Gasteiger partial charge in [0.05, 0.1) is 25.4 Å². The average molecular weight is 1050 g/mol. The van der Waals surface area contributed by atoms with Crippen molar-refractivity contribution in [3.8, 4) is 0 Å². The number of nitrogens with one attached hydrogen (secondary N) is 1. The van der Waals surface area contributed by atoms with E-state index in [2.05, 4.69) is 55.6 Å². The Kier molecular flexibility index (Phi) is 63.0. The molecule has 0 aromatic carbocycles. The summed E-state index contributed by atoms with van der Waals surface area (Å²) < 4.78 is 5.49. The number of rotatable bonds is 63. The summed E-state index contributed by atoms with van der Waals surface area (Å²) in [5.74, 6) is -0.0485. The van der Waals surface area contributed by atoms with Gasteiger partial charge >= 0.3 is 5.97 Å².